The fourth-order valence-electron chi connectivity index (χ4n) is 5.66. The van der Waals surface area contributed by atoms with E-state index in [-0.39, 0.29) is 29.4 Å². The molecule has 0 atom stereocenters. The van der Waals surface area contributed by atoms with Gasteiger partial charge in [0.15, 0.2) is 5.82 Å². The first-order valence-electron chi connectivity index (χ1n) is 14.1. The molecule has 2 aliphatic heterocycles. The fourth-order valence-corrected chi connectivity index (χ4v) is 5.66. The molecule has 0 unspecified atom stereocenters. The molecule has 0 spiro atoms. The maximum absolute atomic E-state index is 14.9. The Labute approximate surface area is 238 Å². The van der Waals surface area contributed by atoms with Crippen LogP contribution in [0.25, 0.3) is 0 Å². The number of likely N-dealkylation sites (N-methyl/N-ethyl adjacent to an activating group) is 1. The number of carbonyl (C=O) groups is 2. The normalized spacial score (nSPS) is 20.1. The molecule has 41 heavy (non-hydrogen) atoms. The van der Waals surface area contributed by atoms with Gasteiger partial charge in [-0.3, -0.25) is 14.5 Å². The molecule has 3 heterocycles. The Hall–Kier alpha value is -3.58. The standard InChI is InChI=1S/C28H38F2N8O3/c1-35-12-14-37(15-13-35)11-10-31-25(39)19-8-9-21(23(16-19)41-3)33-27-32-17-22-24(34-27)38(20-6-4-5-7-20)18-28(29,30)26(40)36(22)2/h8-9,16-17,20H,4-7,10-15,18H2,1-3H3,(H,31,39)(H,32,33,34). The summed E-state index contributed by atoms with van der Waals surface area (Å²) in [5.41, 5.74) is 1.20. The van der Waals surface area contributed by atoms with Crippen LogP contribution in [0.2, 0.25) is 0 Å². The highest BCUT2D eigenvalue weighted by atomic mass is 19.3. The van der Waals surface area contributed by atoms with Crippen molar-refractivity contribution in [3.8, 4) is 5.75 Å². The van der Waals surface area contributed by atoms with Gasteiger partial charge in [0.05, 0.1) is 25.5 Å². The van der Waals surface area contributed by atoms with Crippen molar-refractivity contribution in [2.24, 2.45) is 0 Å². The topological polar surface area (TPSA) is 106 Å². The maximum atomic E-state index is 14.9. The summed E-state index contributed by atoms with van der Waals surface area (Å²) in [5, 5.41) is 6.07. The summed E-state index contributed by atoms with van der Waals surface area (Å²) in [6.07, 6.45) is 4.78. The zero-order valence-corrected chi connectivity index (χ0v) is 23.8. The Morgan fingerprint density at radius 3 is 2.59 bits per heavy atom. The van der Waals surface area contributed by atoms with Gasteiger partial charge in [-0.1, -0.05) is 12.8 Å². The van der Waals surface area contributed by atoms with Crippen LogP contribution in [0.4, 0.5) is 31.9 Å². The number of benzene rings is 1. The average molecular weight is 573 g/mol. The van der Waals surface area contributed by atoms with Gasteiger partial charge in [0.1, 0.15) is 11.4 Å². The monoisotopic (exact) mass is 572 g/mol. The number of anilines is 4. The molecule has 2 amide bonds. The summed E-state index contributed by atoms with van der Waals surface area (Å²) in [4.78, 5) is 41.4. The van der Waals surface area contributed by atoms with E-state index in [2.05, 4.69) is 37.4 Å². The average Bonchev–Trinajstić information content (AvgIpc) is 3.49. The highest BCUT2D eigenvalue weighted by molar-refractivity contribution is 6.02. The summed E-state index contributed by atoms with van der Waals surface area (Å²) >= 11 is 0. The van der Waals surface area contributed by atoms with Crippen LogP contribution in [-0.4, -0.2) is 111 Å². The molecule has 0 bridgehead atoms. The van der Waals surface area contributed by atoms with Crippen LogP contribution in [0, 0.1) is 0 Å². The number of amides is 2. The van der Waals surface area contributed by atoms with Crippen molar-refractivity contribution in [1.29, 1.82) is 0 Å². The lowest BCUT2D eigenvalue weighted by molar-refractivity contribution is -0.140. The summed E-state index contributed by atoms with van der Waals surface area (Å²) in [6.45, 7) is 4.61. The number of alkyl halides is 2. The molecule has 5 rings (SSSR count). The molecule has 13 heteroatoms. The molecule has 1 aromatic carbocycles. The van der Waals surface area contributed by atoms with Crippen molar-refractivity contribution in [3.05, 3.63) is 30.0 Å². The van der Waals surface area contributed by atoms with E-state index in [0.717, 1.165) is 63.3 Å². The predicted molar refractivity (Wildman–Crippen MR) is 153 cm³/mol. The second kappa shape index (κ2) is 12.1. The Balaban J connectivity index is 1.31. The van der Waals surface area contributed by atoms with Crippen molar-refractivity contribution in [2.75, 3.05) is 82.1 Å². The van der Waals surface area contributed by atoms with Crippen LogP contribution < -0.4 is 25.2 Å². The summed E-state index contributed by atoms with van der Waals surface area (Å²) < 4.78 is 35.3. The first kappa shape index (κ1) is 28.9. The molecule has 2 fully saturated rings. The number of halogens is 2. The van der Waals surface area contributed by atoms with Gasteiger partial charge in [-0.2, -0.15) is 13.8 Å². The molecule has 1 aromatic heterocycles. The molecule has 11 nitrogen and oxygen atoms in total. The van der Waals surface area contributed by atoms with Crippen LogP contribution in [-0.2, 0) is 4.79 Å². The lowest BCUT2D eigenvalue weighted by Gasteiger charge is -2.32. The quantitative estimate of drug-likeness (QED) is 0.494. The Bertz CT molecular complexity index is 1260. The van der Waals surface area contributed by atoms with Crippen LogP contribution in [0.5, 0.6) is 5.75 Å². The minimum Gasteiger partial charge on any atom is -0.495 e. The molecule has 2 N–H and O–H groups in total. The first-order chi connectivity index (χ1) is 19.7. The van der Waals surface area contributed by atoms with E-state index in [1.54, 1.807) is 23.1 Å². The van der Waals surface area contributed by atoms with Crippen molar-refractivity contribution in [2.45, 2.75) is 37.6 Å². The molecule has 3 aliphatic rings. The summed E-state index contributed by atoms with van der Waals surface area (Å²) in [7, 11) is 4.93. The number of nitrogens with zero attached hydrogens (tertiary/aromatic N) is 6. The van der Waals surface area contributed by atoms with Gasteiger partial charge >= 0.3 is 5.92 Å². The largest absolute Gasteiger partial charge is 0.495 e. The van der Waals surface area contributed by atoms with Crippen LogP contribution in [0.1, 0.15) is 36.0 Å². The lowest BCUT2D eigenvalue weighted by Crippen LogP contribution is -2.48. The fraction of sp³-hybridized carbons (Fsp3) is 0.571. The van der Waals surface area contributed by atoms with Gasteiger partial charge in [0.2, 0.25) is 5.95 Å². The summed E-state index contributed by atoms with van der Waals surface area (Å²) in [5.74, 6) is -4.16. The molecule has 222 valence electrons. The molecular weight excluding hydrogens is 534 g/mol. The zero-order chi connectivity index (χ0) is 29.1. The van der Waals surface area contributed by atoms with Gasteiger partial charge in [-0.15, -0.1) is 0 Å². The van der Waals surface area contributed by atoms with E-state index in [0.29, 0.717) is 23.5 Å². The molecule has 2 aromatic rings. The Kier molecular flexibility index (Phi) is 8.55. The zero-order valence-electron chi connectivity index (χ0n) is 23.8. The highest BCUT2D eigenvalue weighted by Gasteiger charge is 2.48. The third kappa shape index (κ3) is 6.35. The number of piperazine rings is 1. The number of carbonyl (C=O) groups excluding carboxylic acids is 2. The number of ether oxygens (including phenoxy) is 1. The van der Waals surface area contributed by atoms with E-state index in [1.165, 1.54) is 20.4 Å². The van der Waals surface area contributed by atoms with E-state index < -0.39 is 18.4 Å². The van der Waals surface area contributed by atoms with Crippen LogP contribution >= 0.6 is 0 Å². The van der Waals surface area contributed by atoms with Crippen molar-refractivity contribution in [3.63, 3.8) is 0 Å². The minimum atomic E-state index is -3.55. The maximum Gasteiger partial charge on any atom is 0.342 e. The van der Waals surface area contributed by atoms with E-state index >= 15 is 0 Å². The third-order valence-electron chi connectivity index (χ3n) is 8.16. The Morgan fingerprint density at radius 1 is 1.15 bits per heavy atom. The molecule has 0 radical (unpaired) electrons. The Morgan fingerprint density at radius 2 is 1.88 bits per heavy atom. The number of aromatic nitrogens is 2. The molecule has 1 saturated heterocycles. The van der Waals surface area contributed by atoms with Crippen molar-refractivity contribution < 1.29 is 23.1 Å². The van der Waals surface area contributed by atoms with Crippen LogP contribution in [0.3, 0.4) is 0 Å². The number of hydrogen-bond acceptors (Lipinski definition) is 9. The molecular formula is C28H38F2N8O3. The second-order valence-corrected chi connectivity index (χ2v) is 11.0. The van der Waals surface area contributed by atoms with Crippen molar-refractivity contribution >= 4 is 35.0 Å². The number of hydrogen-bond donors (Lipinski definition) is 2. The van der Waals surface area contributed by atoms with Gasteiger partial charge in [0.25, 0.3) is 11.8 Å². The van der Waals surface area contributed by atoms with Gasteiger partial charge in [0, 0.05) is 57.9 Å². The number of fused-ring (bicyclic) bond motifs is 1. The number of methoxy groups -OCH3 is 1. The van der Waals surface area contributed by atoms with Gasteiger partial charge in [-0.25, -0.2) is 4.98 Å². The lowest BCUT2D eigenvalue weighted by atomic mass is 10.1. The van der Waals surface area contributed by atoms with E-state index in [4.69, 9.17) is 4.74 Å². The third-order valence-corrected chi connectivity index (χ3v) is 8.16. The molecule has 1 saturated carbocycles. The van der Waals surface area contributed by atoms with E-state index in [9.17, 15) is 18.4 Å². The summed E-state index contributed by atoms with van der Waals surface area (Å²) in [6, 6.07) is 4.87. The van der Waals surface area contributed by atoms with E-state index in [1.807, 2.05) is 0 Å². The smallest absolute Gasteiger partial charge is 0.342 e. The predicted octanol–water partition coefficient (Wildman–Crippen LogP) is 2.57. The highest BCUT2D eigenvalue weighted by Crippen LogP contribution is 2.40. The van der Waals surface area contributed by atoms with Crippen molar-refractivity contribution in [1.82, 2.24) is 25.1 Å². The second-order valence-electron chi connectivity index (χ2n) is 11.0. The first-order valence-corrected chi connectivity index (χ1v) is 14.1. The van der Waals surface area contributed by atoms with Crippen LogP contribution in [0.15, 0.2) is 24.4 Å². The molecule has 1 aliphatic carbocycles. The number of nitrogens with one attached hydrogen (secondary N) is 2. The van der Waals surface area contributed by atoms with Gasteiger partial charge in [-0.05, 0) is 38.1 Å². The number of rotatable bonds is 8. The minimum absolute atomic E-state index is 0.134. The SMILES string of the molecule is COc1cc(C(=O)NCCN2CCN(C)CC2)ccc1Nc1ncc2c(n1)N(C1CCCC1)CC(F)(F)C(=O)N2C. The van der Waals surface area contributed by atoms with Gasteiger partial charge < -0.3 is 30.1 Å².